The number of nitrogens with zero attached hydrogens (tertiary/aromatic N) is 5. The lowest BCUT2D eigenvalue weighted by Gasteiger charge is -2.31. The standard InChI is InChI=1S/C19H17N5O/c20-12-14-6-7-17(21-13-14)24-10-8-16(9-11-24)19-22-18(23-25-19)15-4-2-1-3-5-15/h1-7,13,16H,8-11H2. The van der Waals surface area contributed by atoms with Crippen molar-refractivity contribution in [2.75, 3.05) is 18.0 Å². The predicted molar refractivity (Wildman–Crippen MR) is 92.9 cm³/mol. The number of piperidine rings is 1. The quantitative estimate of drug-likeness (QED) is 0.732. The van der Waals surface area contributed by atoms with Crippen LogP contribution in [-0.4, -0.2) is 28.2 Å². The van der Waals surface area contributed by atoms with E-state index in [0.29, 0.717) is 17.3 Å². The molecule has 0 spiro atoms. The summed E-state index contributed by atoms with van der Waals surface area (Å²) >= 11 is 0. The first-order chi connectivity index (χ1) is 12.3. The zero-order valence-corrected chi connectivity index (χ0v) is 13.7. The first-order valence-corrected chi connectivity index (χ1v) is 8.33. The van der Waals surface area contributed by atoms with E-state index in [2.05, 4.69) is 26.1 Å². The molecule has 3 aromatic rings. The lowest BCUT2D eigenvalue weighted by Crippen LogP contribution is -2.33. The van der Waals surface area contributed by atoms with Crippen LogP contribution in [0.5, 0.6) is 0 Å². The summed E-state index contributed by atoms with van der Waals surface area (Å²) in [6, 6.07) is 15.7. The van der Waals surface area contributed by atoms with Crippen molar-refractivity contribution in [3.05, 3.63) is 60.1 Å². The smallest absolute Gasteiger partial charge is 0.230 e. The third-order valence-electron chi connectivity index (χ3n) is 4.52. The van der Waals surface area contributed by atoms with E-state index in [0.717, 1.165) is 37.3 Å². The Morgan fingerprint density at radius 1 is 1.08 bits per heavy atom. The molecule has 2 aromatic heterocycles. The van der Waals surface area contributed by atoms with Crippen LogP contribution in [0.2, 0.25) is 0 Å². The highest BCUT2D eigenvalue weighted by atomic mass is 16.5. The Bertz CT molecular complexity index is 874. The molecule has 0 radical (unpaired) electrons. The van der Waals surface area contributed by atoms with Crippen molar-refractivity contribution in [1.29, 1.82) is 5.26 Å². The van der Waals surface area contributed by atoms with E-state index < -0.39 is 0 Å². The number of hydrogen-bond donors (Lipinski definition) is 0. The fourth-order valence-corrected chi connectivity index (χ4v) is 3.10. The topological polar surface area (TPSA) is 78.8 Å². The molecule has 0 saturated carbocycles. The lowest BCUT2D eigenvalue weighted by atomic mass is 9.96. The molecule has 1 aromatic carbocycles. The van der Waals surface area contributed by atoms with Crippen molar-refractivity contribution >= 4 is 5.82 Å². The summed E-state index contributed by atoms with van der Waals surface area (Å²) in [5, 5.41) is 13.0. The summed E-state index contributed by atoms with van der Waals surface area (Å²) in [5.41, 5.74) is 1.55. The Labute approximate surface area is 145 Å². The molecule has 0 bridgehead atoms. The van der Waals surface area contributed by atoms with Crippen molar-refractivity contribution in [1.82, 2.24) is 15.1 Å². The van der Waals surface area contributed by atoms with Crippen LogP contribution in [0.25, 0.3) is 11.4 Å². The van der Waals surface area contributed by atoms with E-state index in [4.69, 9.17) is 9.78 Å². The second-order valence-electron chi connectivity index (χ2n) is 6.10. The molecular weight excluding hydrogens is 314 g/mol. The van der Waals surface area contributed by atoms with Gasteiger partial charge in [-0.05, 0) is 25.0 Å². The van der Waals surface area contributed by atoms with Crippen LogP contribution in [0.3, 0.4) is 0 Å². The largest absolute Gasteiger partial charge is 0.357 e. The Kier molecular flexibility index (Phi) is 4.13. The molecule has 1 fully saturated rings. The average molecular weight is 331 g/mol. The summed E-state index contributed by atoms with van der Waals surface area (Å²) in [6.07, 6.45) is 3.50. The van der Waals surface area contributed by atoms with Gasteiger partial charge in [0.25, 0.3) is 0 Å². The second-order valence-corrected chi connectivity index (χ2v) is 6.10. The van der Waals surface area contributed by atoms with Crippen molar-refractivity contribution in [2.45, 2.75) is 18.8 Å². The number of aromatic nitrogens is 3. The zero-order valence-electron chi connectivity index (χ0n) is 13.7. The van der Waals surface area contributed by atoms with Gasteiger partial charge in [-0.2, -0.15) is 10.2 Å². The Morgan fingerprint density at radius 2 is 1.88 bits per heavy atom. The highest BCUT2D eigenvalue weighted by Crippen LogP contribution is 2.30. The summed E-state index contributed by atoms with van der Waals surface area (Å²) in [5.74, 6) is 2.55. The first-order valence-electron chi connectivity index (χ1n) is 8.33. The number of nitriles is 1. The first kappa shape index (κ1) is 15.3. The Balaban J connectivity index is 1.42. The highest BCUT2D eigenvalue weighted by Gasteiger charge is 2.26. The number of hydrogen-bond acceptors (Lipinski definition) is 6. The maximum Gasteiger partial charge on any atom is 0.230 e. The van der Waals surface area contributed by atoms with E-state index in [1.54, 1.807) is 12.3 Å². The van der Waals surface area contributed by atoms with Gasteiger partial charge in [0.15, 0.2) is 0 Å². The van der Waals surface area contributed by atoms with Gasteiger partial charge < -0.3 is 9.42 Å². The molecule has 124 valence electrons. The third-order valence-corrected chi connectivity index (χ3v) is 4.52. The number of benzene rings is 1. The highest BCUT2D eigenvalue weighted by molar-refractivity contribution is 5.53. The summed E-state index contributed by atoms with van der Waals surface area (Å²) < 4.78 is 5.50. The Hall–Kier alpha value is -3.20. The van der Waals surface area contributed by atoms with Crippen LogP contribution < -0.4 is 4.90 Å². The van der Waals surface area contributed by atoms with E-state index in [1.165, 1.54) is 0 Å². The van der Waals surface area contributed by atoms with Gasteiger partial charge in [-0.15, -0.1) is 0 Å². The molecule has 0 aliphatic carbocycles. The molecule has 0 atom stereocenters. The molecule has 1 aliphatic rings. The maximum absolute atomic E-state index is 8.86. The minimum atomic E-state index is 0.277. The van der Waals surface area contributed by atoms with Crippen molar-refractivity contribution in [3.63, 3.8) is 0 Å². The van der Waals surface area contributed by atoms with E-state index in [9.17, 15) is 0 Å². The zero-order chi connectivity index (χ0) is 17.1. The molecule has 25 heavy (non-hydrogen) atoms. The molecule has 6 nitrogen and oxygen atoms in total. The summed E-state index contributed by atoms with van der Waals surface area (Å²) in [7, 11) is 0. The minimum absolute atomic E-state index is 0.277. The van der Waals surface area contributed by atoms with Crippen LogP contribution in [0, 0.1) is 11.3 Å². The molecule has 6 heteroatoms. The van der Waals surface area contributed by atoms with Gasteiger partial charge >= 0.3 is 0 Å². The van der Waals surface area contributed by atoms with Crippen molar-refractivity contribution < 1.29 is 4.52 Å². The fraction of sp³-hybridized carbons (Fsp3) is 0.263. The molecule has 0 unspecified atom stereocenters. The normalized spacial score (nSPS) is 15.1. The van der Waals surface area contributed by atoms with E-state index >= 15 is 0 Å². The van der Waals surface area contributed by atoms with Crippen molar-refractivity contribution in [3.8, 4) is 17.5 Å². The monoisotopic (exact) mass is 331 g/mol. The second kappa shape index (κ2) is 6.73. The van der Waals surface area contributed by atoms with Gasteiger partial charge in [0, 0.05) is 30.8 Å². The lowest BCUT2D eigenvalue weighted by molar-refractivity contribution is 0.329. The number of pyridine rings is 1. The fourth-order valence-electron chi connectivity index (χ4n) is 3.10. The third kappa shape index (κ3) is 3.22. The average Bonchev–Trinajstić information content (AvgIpc) is 3.19. The number of rotatable bonds is 3. The van der Waals surface area contributed by atoms with Gasteiger partial charge in [-0.3, -0.25) is 0 Å². The molecule has 1 aliphatic heterocycles. The van der Waals surface area contributed by atoms with Crippen LogP contribution in [0.4, 0.5) is 5.82 Å². The van der Waals surface area contributed by atoms with Crippen LogP contribution in [0.1, 0.15) is 30.2 Å². The van der Waals surface area contributed by atoms with Gasteiger partial charge in [0.1, 0.15) is 11.9 Å². The van der Waals surface area contributed by atoms with Crippen molar-refractivity contribution in [2.24, 2.45) is 0 Å². The molecule has 3 heterocycles. The van der Waals surface area contributed by atoms with Gasteiger partial charge in [0.05, 0.1) is 5.56 Å². The minimum Gasteiger partial charge on any atom is -0.357 e. The molecular formula is C19H17N5O. The van der Waals surface area contributed by atoms with Gasteiger partial charge in [-0.1, -0.05) is 35.5 Å². The van der Waals surface area contributed by atoms with Crippen LogP contribution >= 0.6 is 0 Å². The SMILES string of the molecule is N#Cc1ccc(N2CCC(c3nc(-c4ccccc4)no3)CC2)nc1. The number of anilines is 1. The molecule has 4 rings (SSSR count). The van der Waals surface area contributed by atoms with Gasteiger partial charge in [0.2, 0.25) is 11.7 Å². The Morgan fingerprint density at radius 3 is 2.56 bits per heavy atom. The van der Waals surface area contributed by atoms with E-state index in [-0.39, 0.29) is 5.92 Å². The molecule has 1 saturated heterocycles. The predicted octanol–water partition coefficient (Wildman–Crippen LogP) is 3.39. The molecule has 0 amide bonds. The van der Waals surface area contributed by atoms with Crippen LogP contribution in [0.15, 0.2) is 53.2 Å². The van der Waals surface area contributed by atoms with E-state index in [1.807, 2.05) is 36.4 Å². The van der Waals surface area contributed by atoms with Gasteiger partial charge in [-0.25, -0.2) is 4.98 Å². The summed E-state index contributed by atoms with van der Waals surface area (Å²) in [6.45, 7) is 1.76. The summed E-state index contributed by atoms with van der Waals surface area (Å²) in [4.78, 5) is 11.2. The maximum atomic E-state index is 8.86. The molecule has 0 N–H and O–H groups in total. The van der Waals surface area contributed by atoms with Crippen LogP contribution in [-0.2, 0) is 0 Å².